The Hall–Kier alpha value is -2.41. The van der Waals surface area contributed by atoms with Gasteiger partial charge in [-0.25, -0.2) is 4.90 Å². The topological polar surface area (TPSA) is 69.7 Å². The number of benzene rings is 2. The Labute approximate surface area is 189 Å². The molecule has 0 aliphatic carbocycles. The highest BCUT2D eigenvalue weighted by Gasteiger charge is 2.74. The van der Waals surface area contributed by atoms with Crippen molar-refractivity contribution in [1.29, 1.82) is 0 Å². The van der Waals surface area contributed by atoms with E-state index in [1.54, 1.807) is 12.1 Å². The zero-order valence-corrected chi connectivity index (χ0v) is 18.2. The molecule has 4 aliphatic rings. The Kier molecular flexibility index (Phi) is 3.93. The Morgan fingerprint density at radius 3 is 2.65 bits per heavy atom. The van der Waals surface area contributed by atoms with Crippen LogP contribution in [0.1, 0.15) is 24.0 Å². The number of hydrogen-bond donors (Lipinski definition) is 1. The van der Waals surface area contributed by atoms with Crippen LogP contribution in [0.4, 0.5) is 11.4 Å². The average molecular weight is 456 g/mol. The normalized spacial score (nSPS) is 31.4. The highest BCUT2D eigenvalue weighted by molar-refractivity contribution is 6.38. The summed E-state index contributed by atoms with van der Waals surface area (Å²) in [6.07, 6.45) is 1.66. The van der Waals surface area contributed by atoms with Gasteiger partial charge in [-0.3, -0.25) is 19.3 Å². The number of rotatable bonds is 1. The average Bonchev–Trinajstić information content (AvgIpc) is 3.42. The summed E-state index contributed by atoms with van der Waals surface area (Å²) in [6.45, 7) is 2.65. The van der Waals surface area contributed by atoms with E-state index >= 15 is 0 Å². The second-order valence-electron chi connectivity index (χ2n) is 8.78. The maximum atomic E-state index is 13.9. The monoisotopic (exact) mass is 455 g/mol. The van der Waals surface area contributed by atoms with Gasteiger partial charge in [-0.05, 0) is 50.6 Å². The van der Waals surface area contributed by atoms with Crippen molar-refractivity contribution in [1.82, 2.24) is 4.90 Å². The third-order valence-electron chi connectivity index (χ3n) is 7.30. The summed E-state index contributed by atoms with van der Waals surface area (Å²) in [4.78, 5) is 44.4. The number of carbonyl (C=O) groups excluding carboxylic acids is 3. The number of fused-ring (bicyclic) bond motifs is 7. The Morgan fingerprint density at radius 1 is 1.06 bits per heavy atom. The number of halogens is 2. The third-order valence-corrected chi connectivity index (χ3v) is 7.84. The molecule has 0 bridgehead atoms. The zero-order valence-electron chi connectivity index (χ0n) is 16.7. The van der Waals surface area contributed by atoms with Crippen LogP contribution < -0.4 is 10.2 Å². The predicted molar refractivity (Wildman–Crippen MR) is 117 cm³/mol. The molecule has 3 amide bonds. The fourth-order valence-corrected chi connectivity index (χ4v) is 6.71. The van der Waals surface area contributed by atoms with E-state index in [2.05, 4.69) is 10.2 Å². The molecule has 31 heavy (non-hydrogen) atoms. The summed E-state index contributed by atoms with van der Waals surface area (Å²) in [5.41, 5.74) is 1.65. The fraction of sp³-hybridized carbons (Fsp3) is 0.348. The van der Waals surface area contributed by atoms with Gasteiger partial charge in [0.15, 0.2) is 0 Å². The summed E-state index contributed by atoms with van der Waals surface area (Å²) in [6, 6.07) is 10.4. The minimum absolute atomic E-state index is 0.158. The van der Waals surface area contributed by atoms with Crippen LogP contribution in [0.2, 0.25) is 10.0 Å². The van der Waals surface area contributed by atoms with Crippen molar-refractivity contribution >= 4 is 52.3 Å². The van der Waals surface area contributed by atoms with Crippen LogP contribution in [-0.4, -0.2) is 35.2 Å². The summed E-state index contributed by atoms with van der Waals surface area (Å²) in [5.74, 6) is -2.27. The van der Waals surface area contributed by atoms with Crippen LogP contribution in [0.5, 0.6) is 0 Å². The molecule has 0 unspecified atom stereocenters. The van der Waals surface area contributed by atoms with E-state index in [9.17, 15) is 14.4 Å². The lowest BCUT2D eigenvalue weighted by molar-refractivity contribution is -0.135. The van der Waals surface area contributed by atoms with Crippen molar-refractivity contribution in [2.45, 2.75) is 31.3 Å². The molecule has 8 heteroatoms. The van der Waals surface area contributed by atoms with E-state index in [1.807, 2.05) is 25.1 Å². The molecule has 6 rings (SSSR count). The van der Waals surface area contributed by atoms with Crippen molar-refractivity contribution in [3.05, 3.63) is 57.6 Å². The van der Waals surface area contributed by atoms with Crippen molar-refractivity contribution in [3.8, 4) is 0 Å². The first-order valence-electron chi connectivity index (χ1n) is 10.4. The molecule has 158 valence electrons. The molecule has 0 aromatic heterocycles. The lowest BCUT2D eigenvalue weighted by atomic mass is 9.75. The maximum absolute atomic E-state index is 13.9. The minimum Gasteiger partial charge on any atom is -0.324 e. The van der Waals surface area contributed by atoms with E-state index < -0.39 is 17.4 Å². The van der Waals surface area contributed by atoms with Gasteiger partial charge in [-0.2, -0.15) is 0 Å². The number of amides is 3. The standard InChI is InChI=1S/C23H19Cl2N3O3/c1-11-4-6-15-13(9-11)23(22(31)26-15)19-18(17-3-2-8-27(17)23)20(29)28(21(19)30)16-7-5-12(24)10-14(16)25/h4-7,9-10,17-19H,2-3,8H2,1H3,(H,26,31)/t17-,18+,19-,23+/m0/s1. The largest absolute Gasteiger partial charge is 0.324 e. The molecule has 6 nitrogen and oxygen atoms in total. The number of nitrogens with one attached hydrogen (secondary N) is 1. The quantitative estimate of drug-likeness (QED) is 0.665. The molecule has 3 saturated heterocycles. The van der Waals surface area contributed by atoms with Crippen LogP contribution in [0, 0.1) is 18.8 Å². The summed E-state index contributed by atoms with van der Waals surface area (Å²) in [7, 11) is 0. The predicted octanol–water partition coefficient (Wildman–Crippen LogP) is 3.73. The smallest absolute Gasteiger partial charge is 0.250 e. The number of aryl methyl sites for hydroxylation is 1. The molecule has 1 N–H and O–H groups in total. The Morgan fingerprint density at radius 2 is 1.87 bits per heavy atom. The number of hydrogen-bond acceptors (Lipinski definition) is 4. The van der Waals surface area contributed by atoms with Crippen LogP contribution in [-0.2, 0) is 19.9 Å². The highest BCUT2D eigenvalue weighted by atomic mass is 35.5. The van der Waals surface area contributed by atoms with Crippen molar-refractivity contribution in [2.75, 3.05) is 16.8 Å². The maximum Gasteiger partial charge on any atom is 0.250 e. The van der Waals surface area contributed by atoms with E-state index in [-0.39, 0.29) is 28.8 Å². The molecule has 3 fully saturated rings. The van der Waals surface area contributed by atoms with Gasteiger partial charge >= 0.3 is 0 Å². The van der Waals surface area contributed by atoms with E-state index in [1.165, 1.54) is 11.0 Å². The molecule has 2 aromatic carbocycles. The van der Waals surface area contributed by atoms with Gasteiger partial charge in [0, 0.05) is 22.3 Å². The number of anilines is 2. The molecule has 4 aliphatic heterocycles. The highest BCUT2D eigenvalue weighted by Crippen LogP contribution is 2.61. The third kappa shape index (κ3) is 2.25. The molecule has 0 radical (unpaired) electrons. The summed E-state index contributed by atoms with van der Waals surface area (Å²) in [5, 5.41) is 3.64. The van der Waals surface area contributed by atoms with E-state index in [0.29, 0.717) is 22.9 Å². The number of carbonyl (C=O) groups is 3. The second kappa shape index (κ2) is 6.31. The van der Waals surface area contributed by atoms with Crippen LogP contribution in [0.3, 0.4) is 0 Å². The van der Waals surface area contributed by atoms with Gasteiger partial charge in [0.25, 0.3) is 0 Å². The van der Waals surface area contributed by atoms with Crippen LogP contribution in [0.15, 0.2) is 36.4 Å². The molecular weight excluding hydrogens is 437 g/mol. The summed E-state index contributed by atoms with van der Waals surface area (Å²) >= 11 is 12.4. The zero-order chi connectivity index (χ0) is 21.7. The molecule has 4 heterocycles. The minimum atomic E-state index is -1.17. The van der Waals surface area contributed by atoms with Crippen LogP contribution >= 0.6 is 23.2 Å². The lowest BCUT2D eigenvalue weighted by Crippen LogP contribution is -2.54. The van der Waals surface area contributed by atoms with Gasteiger partial charge in [0.2, 0.25) is 17.7 Å². The van der Waals surface area contributed by atoms with Gasteiger partial charge < -0.3 is 5.32 Å². The first-order chi connectivity index (χ1) is 14.9. The molecule has 2 aromatic rings. The fourth-order valence-electron chi connectivity index (χ4n) is 6.22. The van der Waals surface area contributed by atoms with Gasteiger partial charge in [0.1, 0.15) is 5.54 Å². The van der Waals surface area contributed by atoms with E-state index in [0.717, 1.165) is 24.0 Å². The summed E-state index contributed by atoms with van der Waals surface area (Å²) < 4.78 is 0. The second-order valence-corrected chi connectivity index (χ2v) is 9.63. The van der Waals surface area contributed by atoms with Crippen molar-refractivity contribution in [2.24, 2.45) is 11.8 Å². The number of nitrogens with zero attached hydrogens (tertiary/aromatic N) is 2. The Balaban J connectivity index is 1.57. The van der Waals surface area contributed by atoms with E-state index in [4.69, 9.17) is 23.2 Å². The Bertz CT molecular complexity index is 1200. The lowest BCUT2D eigenvalue weighted by Gasteiger charge is -2.36. The number of imide groups is 1. The van der Waals surface area contributed by atoms with Crippen LogP contribution in [0.25, 0.3) is 0 Å². The SMILES string of the molecule is Cc1ccc2c(c1)[C@]1(C(=O)N2)[C@@H]2C(=O)N(c3ccc(Cl)cc3Cl)C(=O)[C@@H]2[C@@H]2CCCN21. The van der Waals surface area contributed by atoms with Gasteiger partial charge in [0.05, 0.1) is 22.5 Å². The molecule has 1 spiro atoms. The first-order valence-corrected chi connectivity index (χ1v) is 11.1. The van der Waals surface area contributed by atoms with Crippen molar-refractivity contribution in [3.63, 3.8) is 0 Å². The molecule has 0 saturated carbocycles. The van der Waals surface area contributed by atoms with Crippen molar-refractivity contribution < 1.29 is 14.4 Å². The first kappa shape index (κ1) is 19.3. The van der Waals surface area contributed by atoms with Gasteiger partial charge in [-0.15, -0.1) is 0 Å². The molecule has 4 atom stereocenters. The molecular formula is C23H19Cl2N3O3. The van der Waals surface area contributed by atoms with Gasteiger partial charge in [-0.1, -0.05) is 40.9 Å².